The molecule has 0 saturated carbocycles. The Morgan fingerprint density at radius 2 is 1.88 bits per heavy atom. The molecule has 3 heteroatoms. The van der Waals surface area contributed by atoms with Gasteiger partial charge in [0.1, 0.15) is 5.82 Å². The van der Waals surface area contributed by atoms with Crippen molar-refractivity contribution in [2.24, 2.45) is 0 Å². The molecule has 1 aliphatic heterocycles. The van der Waals surface area contributed by atoms with Gasteiger partial charge < -0.3 is 5.32 Å². The molecular weight excluding hydrogens is 215 g/mol. The van der Waals surface area contributed by atoms with Crippen LogP contribution in [0.1, 0.15) is 11.3 Å². The van der Waals surface area contributed by atoms with Gasteiger partial charge in [-0.1, -0.05) is 6.07 Å². The minimum Gasteiger partial charge on any atom is -0.312 e. The van der Waals surface area contributed by atoms with Crippen molar-refractivity contribution >= 4 is 0 Å². The van der Waals surface area contributed by atoms with E-state index >= 15 is 0 Å². The van der Waals surface area contributed by atoms with E-state index in [-0.39, 0.29) is 5.82 Å². The van der Waals surface area contributed by atoms with Crippen molar-refractivity contribution in [1.29, 1.82) is 0 Å². The van der Waals surface area contributed by atoms with E-state index in [9.17, 15) is 4.39 Å². The van der Waals surface area contributed by atoms with Gasteiger partial charge in [-0.15, -0.1) is 0 Å². The molecule has 86 valence electrons. The van der Waals surface area contributed by atoms with E-state index in [1.165, 1.54) is 17.7 Å². The lowest BCUT2D eigenvalue weighted by Gasteiger charge is -2.16. The number of hydrogen-bond acceptors (Lipinski definition) is 2. The number of hydrogen-bond donors (Lipinski definition) is 1. The Bertz CT molecular complexity index is 534. The SMILES string of the molecule is Fc1ccc(-c2ccc3c(n2)CCNC3)cc1. The molecule has 1 N–H and O–H groups in total. The van der Waals surface area contributed by atoms with Gasteiger partial charge in [-0.3, -0.25) is 4.98 Å². The molecule has 1 aromatic heterocycles. The minimum atomic E-state index is -0.212. The zero-order valence-electron chi connectivity index (χ0n) is 9.41. The average molecular weight is 228 g/mol. The summed E-state index contributed by atoms with van der Waals surface area (Å²) >= 11 is 0. The van der Waals surface area contributed by atoms with E-state index in [4.69, 9.17) is 0 Å². The van der Waals surface area contributed by atoms with Gasteiger partial charge in [0, 0.05) is 30.8 Å². The standard InChI is InChI=1S/C14H13FN2/c15-12-4-1-10(2-5-12)13-6-3-11-9-16-8-7-14(11)17-13/h1-6,16H,7-9H2. The first-order valence-electron chi connectivity index (χ1n) is 5.78. The number of rotatable bonds is 1. The molecule has 2 heterocycles. The van der Waals surface area contributed by atoms with Crippen LogP contribution in [0, 0.1) is 5.82 Å². The van der Waals surface area contributed by atoms with Crippen molar-refractivity contribution in [2.45, 2.75) is 13.0 Å². The number of nitrogens with zero attached hydrogens (tertiary/aromatic N) is 1. The highest BCUT2D eigenvalue weighted by molar-refractivity contribution is 5.59. The molecule has 0 amide bonds. The molecule has 2 aromatic rings. The molecule has 1 aliphatic rings. The van der Waals surface area contributed by atoms with E-state index in [0.29, 0.717) is 0 Å². The van der Waals surface area contributed by atoms with Crippen LogP contribution in [0.3, 0.4) is 0 Å². The van der Waals surface area contributed by atoms with Crippen molar-refractivity contribution < 1.29 is 4.39 Å². The smallest absolute Gasteiger partial charge is 0.123 e. The Morgan fingerprint density at radius 1 is 1.06 bits per heavy atom. The minimum absolute atomic E-state index is 0.212. The first-order valence-corrected chi connectivity index (χ1v) is 5.78. The monoisotopic (exact) mass is 228 g/mol. The van der Waals surface area contributed by atoms with Gasteiger partial charge in [-0.2, -0.15) is 0 Å². The van der Waals surface area contributed by atoms with Crippen LogP contribution in [0.5, 0.6) is 0 Å². The number of aromatic nitrogens is 1. The van der Waals surface area contributed by atoms with Crippen molar-refractivity contribution in [3.05, 3.63) is 53.5 Å². The third-order valence-corrected chi connectivity index (χ3v) is 3.06. The number of benzene rings is 1. The fraction of sp³-hybridized carbons (Fsp3) is 0.214. The van der Waals surface area contributed by atoms with Gasteiger partial charge in [0.05, 0.1) is 5.69 Å². The van der Waals surface area contributed by atoms with Crippen molar-refractivity contribution in [1.82, 2.24) is 10.3 Å². The van der Waals surface area contributed by atoms with Crippen molar-refractivity contribution in [3.8, 4) is 11.3 Å². The summed E-state index contributed by atoms with van der Waals surface area (Å²) < 4.78 is 12.8. The quantitative estimate of drug-likeness (QED) is 0.811. The van der Waals surface area contributed by atoms with E-state index in [1.54, 1.807) is 12.1 Å². The Hall–Kier alpha value is -1.74. The molecule has 17 heavy (non-hydrogen) atoms. The maximum absolute atomic E-state index is 12.8. The second-order valence-electron chi connectivity index (χ2n) is 4.24. The van der Waals surface area contributed by atoms with Crippen LogP contribution < -0.4 is 5.32 Å². The predicted molar refractivity (Wildman–Crippen MR) is 65.0 cm³/mol. The largest absolute Gasteiger partial charge is 0.312 e. The van der Waals surface area contributed by atoms with Crippen LogP contribution in [-0.2, 0) is 13.0 Å². The highest BCUT2D eigenvalue weighted by Crippen LogP contribution is 2.21. The van der Waals surface area contributed by atoms with Crippen LogP contribution in [0.25, 0.3) is 11.3 Å². The van der Waals surface area contributed by atoms with Crippen LogP contribution in [0.15, 0.2) is 36.4 Å². The summed E-state index contributed by atoms with van der Waals surface area (Å²) in [5.74, 6) is -0.212. The molecule has 0 saturated heterocycles. The third-order valence-electron chi connectivity index (χ3n) is 3.06. The highest BCUT2D eigenvalue weighted by Gasteiger charge is 2.10. The normalized spacial score (nSPS) is 14.4. The second-order valence-corrected chi connectivity index (χ2v) is 4.24. The maximum Gasteiger partial charge on any atom is 0.123 e. The van der Waals surface area contributed by atoms with Gasteiger partial charge in [0.25, 0.3) is 0 Å². The van der Waals surface area contributed by atoms with E-state index in [0.717, 1.165) is 36.5 Å². The fourth-order valence-corrected chi connectivity index (χ4v) is 2.12. The Balaban J connectivity index is 2.01. The first kappa shape index (κ1) is 10.4. The summed E-state index contributed by atoms with van der Waals surface area (Å²) in [4.78, 5) is 4.65. The lowest BCUT2D eigenvalue weighted by atomic mass is 10.0. The summed E-state index contributed by atoms with van der Waals surface area (Å²) in [5, 5.41) is 3.32. The van der Waals surface area contributed by atoms with Gasteiger partial charge in [0.2, 0.25) is 0 Å². The van der Waals surface area contributed by atoms with Crippen LogP contribution in [0.4, 0.5) is 4.39 Å². The van der Waals surface area contributed by atoms with E-state index < -0.39 is 0 Å². The van der Waals surface area contributed by atoms with Crippen molar-refractivity contribution in [3.63, 3.8) is 0 Å². The van der Waals surface area contributed by atoms with Crippen LogP contribution >= 0.6 is 0 Å². The third kappa shape index (κ3) is 2.06. The molecule has 0 aliphatic carbocycles. The summed E-state index contributed by atoms with van der Waals surface area (Å²) in [5.41, 5.74) is 4.31. The Kier molecular flexibility index (Phi) is 2.61. The number of halogens is 1. The number of nitrogens with one attached hydrogen (secondary N) is 1. The van der Waals surface area contributed by atoms with Gasteiger partial charge in [-0.25, -0.2) is 4.39 Å². The maximum atomic E-state index is 12.8. The molecular formula is C14H13FN2. The first-order chi connectivity index (χ1) is 8.33. The van der Waals surface area contributed by atoms with Crippen molar-refractivity contribution in [2.75, 3.05) is 6.54 Å². The second kappa shape index (κ2) is 4.26. The molecule has 0 spiro atoms. The van der Waals surface area contributed by atoms with Crippen LogP contribution in [-0.4, -0.2) is 11.5 Å². The summed E-state index contributed by atoms with van der Waals surface area (Å²) in [6.07, 6.45) is 0.963. The number of fused-ring (bicyclic) bond motifs is 1. The summed E-state index contributed by atoms with van der Waals surface area (Å²) in [6, 6.07) is 10.6. The predicted octanol–water partition coefficient (Wildman–Crippen LogP) is 2.53. The van der Waals surface area contributed by atoms with Crippen LogP contribution in [0.2, 0.25) is 0 Å². The molecule has 0 radical (unpaired) electrons. The molecule has 0 unspecified atom stereocenters. The lowest BCUT2D eigenvalue weighted by molar-refractivity contribution is 0.627. The zero-order valence-corrected chi connectivity index (χ0v) is 9.41. The fourth-order valence-electron chi connectivity index (χ4n) is 2.12. The van der Waals surface area contributed by atoms with Gasteiger partial charge in [-0.05, 0) is 35.9 Å². The molecule has 1 aromatic carbocycles. The zero-order chi connectivity index (χ0) is 11.7. The Morgan fingerprint density at radius 3 is 2.71 bits per heavy atom. The van der Waals surface area contributed by atoms with Gasteiger partial charge >= 0.3 is 0 Å². The van der Waals surface area contributed by atoms with E-state index in [1.807, 2.05) is 6.07 Å². The molecule has 0 atom stereocenters. The average Bonchev–Trinajstić information content (AvgIpc) is 2.39. The number of pyridine rings is 1. The lowest BCUT2D eigenvalue weighted by Crippen LogP contribution is -2.24. The highest BCUT2D eigenvalue weighted by atomic mass is 19.1. The topological polar surface area (TPSA) is 24.9 Å². The Labute approximate surface area is 99.5 Å². The molecule has 0 bridgehead atoms. The molecule has 2 nitrogen and oxygen atoms in total. The summed E-state index contributed by atoms with van der Waals surface area (Å²) in [7, 11) is 0. The van der Waals surface area contributed by atoms with Gasteiger partial charge in [0.15, 0.2) is 0 Å². The van der Waals surface area contributed by atoms with E-state index in [2.05, 4.69) is 16.4 Å². The summed E-state index contributed by atoms with van der Waals surface area (Å²) in [6.45, 7) is 1.87. The molecule has 0 fully saturated rings. The molecule has 3 rings (SSSR count).